The molecule has 0 saturated carbocycles. The fourth-order valence-corrected chi connectivity index (χ4v) is 2.25. The molecule has 0 atom stereocenters. The lowest BCUT2D eigenvalue weighted by molar-refractivity contribution is -0.276. The molecule has 0 amide bonds. The second-order valence-electron chi connectivity index (χ2n) is 3.47. The van der Waals surface area contributed by atoms with Gasteiger partial charge < -0.3 is 10.5 Å². The molecule has 0 radical (unpaired) electrons. The summed E-state index contributed by atoms with van der Waals surface area (Å²) in [5.41, 5.74) is 2.08. The molecular formula is C8H5ClF6N2O3S. The van der Waals surface area contributed by atoms with Gasteiger partial charge in [-0.2, -0.15) is 13.2 Å². The SMILES string of the molecule is NCc1c(C(F)(F)F)cnc(S(=O)(=O)Cl)c1OC(F)(F)F. The molecule has 1 heterocycles. The van der Waals surface area contributed by atoms with Gasteiger partial charge in [0.15, 0.2) is 5.75 Å². The molecule has 0 aliphatic heterocycles. The van der Waals surface area contributed by atoms with Gasteiger partial charge in [-0.1, -0.05) is 0 Å². The van der Waals surface area contributed by atoms with E-state index in [1.165, 1.54) is 0 Å². The Bertz CT molecular complexity index is 643. The molecule has 1 aromatic heterocycles. The molecule has 21 heavy (non-hydrogen) atoms. The van der Waals surface area contributed by atoms with Crippen LogP contribution in [0.15, 0.2) is 11.2 Å². The van der Waals surface area contributed by atoms with E-state index in [9.17, 15) is 34.8 Å². The maximum atomic E-state index is 12.7. The van der Waals surface area contributed by atoms with E-state index in [0.717, 1.165) is 0 Å². The zero-order valence-corrected chi connectivity index (χ0v) is 11.2. The van der Waals surface area contributed by atoms with Crippen LogP contribution in [0, 0.1) is 0 Å². The number of aromatic nitrogens is 1. The van der Waals surface area contributed by atoms with Crippen LogP contribution < -0.4 is 10.5 Å². The highest BCUT2D eigenvalue weighted by Gasteiger charge is 2.41. The second-order valence-corrected chi connectivity index (χ2v) is 5.95. The Morgan fingerprint density at radius 3 is 2.10 bits per heavy atom. The zero-order valence-electron chi connectivity index (χ0n) is 9.59. The minimum Gasteiger partial charge on any atom is -0.402 e. The second kappa shape index (κ2) is 5.50. The van der Waals surface area contributed by atoms with E-state index < -0.39 is 50.0 Å². The van der Waals surface area contributed by atoms with Gasteiger partial charge in [-0.25, -0.2) is 13.4 Å². The number of halogens is 7. The van der Waals surface area contributed by atoms with Gasteiger partial charge in [0.25, 0.3) is 9.05 Å². The Morgan fingerprint density at radius 1 is 1.24 bits per heavy atom. The lowest BCUT2D eigenvalue weighted by atomic mass is 10.1. The third-order valence-electron chi connectivity index (χ3n) is 2.06. The summed E-state index contributed by atoms with van der Waals surface area (Å²) in [6.45, 7) is -1.08. The molecule has 0 spiro atoms. The van der Waals surface area contributed by atoms with Crippen molar-refractivity contribution in [2.75, 3.05) is 0 Å². The fraction of sp³-hybridized carbons (Fsp3) is 0.375. The maximum absolute atomic E-state index is 12.7. The molecule has 0 bridgehead atoms. The highest BCUT2D eigenvalue weighted by Crippen LogP contribution is 2.40. The first-order valence-electron chi connectivity index (χ1n) is 4.77. The Labute approximate surface area is 118 Å². The van der Waals surface area contributed by atoms with E-state index in [-0.39, 0.29) is 6.20 Å². The summed E-state index contributed by atoms with van der Waals surface area (Å²) in [4.78, 5) is 2.79. The van der Waals surface area contributed by atoms with Crippen molar-refractivity contribution in [3.63, 3.8) is 0 Å². The number of rotatable bonds is 3. The van der Waals surface area contributed by atoms with Crippen LogP contribution in [0.4, 0.5) is 26.3 Å². The highest BCUT2D eigenvalue weighted by atomic mass is 35.7. The third kappa shape index (κ3) is 4.35. The Kier molecular flexibility index (Phi) is 4.65. The van der Waals surface area contributed by atoms with Crippen LogP contribution >= 0.6 is 10.7 Å². The average Bonchev–Trinajstić information content (AvgIpc) is 2.23. The lowest BCUT2D eigenvalue weighted by Crippen LogP contribution is -2.23. The smallest absolute Gasteiger partial charge is 0.402 e. The van der Waals surface area contributed by atoms with Crippen molar-refractivity contribution >= 4 is 19.7 Å². The first-order chi connectivity index (χ1) is 9.27. The number of hydrogen-bond acceptors (Lipinski definition) is 5. The summed E-state index contributed by atoms with van der Waals surface area (Å²) in [6.07, 6.45) is -10.6. The molecule has 13 heteroatoms. The topological polar surface area (TPSA) is 82.3 Å². The third-order valence-corrected chi connectivity index (χ3v) is 3.25. The fourth-order valence-electron chi connectivity index (χ4n) is 1.35. The van der Waals surface area contributed by atoms with Crippen molar-refractivity contribution < 1.29 is 39.5 Å². The van der Waals surface area contributed by atoms with Crippen LogP contribution in [0.2, 0.25) is 0 Å². The predicted octanol–water partition coefficient (Wildman–Crippen LogP) is 2.39. The van der Waals surface area contributed by atoms with E-state index in [1.54, 1.807) is 0 Å². The number of ether oxygens (including phenoxy) is 1. The van der Waals surface area contributed by atoms with E-state index >= 15 is 0 Å². The van der Waals surface area contributed by atoms with Gasteiger partial charge in [0, 0.05) is 29.0 Å². The van der Waals surface area contributed by atoms with Crippen molar-refractivity contribution in [3.8, 4) is 5.75 Å². The number of pyridine rings is 1. The zero-order chi connectivity index (χ0) is 16.6. The number of alkyl halides is 6. The number of nitrogens with two attached hydrogens (primary N) is 1. The molecule has 0 aliphatic rings. The Balaban J connectivity index is 3.73. The van der Waals surface area contributed by atoms with E-state index in [4.69, 9.17) is 16.4 Å². The summed E-state index contributed by atoms with van der Waals surface area (Å²) in [5.74, 6) is -1.70. The van der Waals surface area contributed by atoms with E-state index in [1.807, 2.05) is 0 Å². The summed E-state index contributed by atoms with van der Waals surface area (Å²) >= 11 is 0. The van der Waals surface area contributed by atoms with Crippen molar-refractivity contribution in [2.24, 2.45) is 5.73 Å². The first-order valence-corrected chi connectivity index (χ1v) is 7.08. The van der Waals surface area contributed by atoms with Gasteiger partial charge in [0.05, 0.1) is 5.56 Å². The number of hydrogen-bond donors (Lipinski definition) is 1. The van der Waals surface area contributed by atoms with Crippen LogP contribution in [0.3, 0.4) is 0 Å². The van der Waals surface area contributed by atoms with Crippen molar-refractivity contribution in [1.82, 2.24) is 4.98 Å². The molecule has 5 nitrogen and oxygen atoms in total. The van der Waals surface area contributed by atoms with Crippen LogP contribution in [-0.2, 0) is 21.8 Å². The van der Waals surface area contributed by atoms with E-state index in [0.29, 0.717) is 0 Å². The average molecular weight is 359 g/mol. The van der Waals surface area contributed by atoms with Crippen LogP contribution in [0.5, 0.6) is 5.75 Å². The van der Waals surface area contributed by atoms with E-state index in [2.05, 4.69) is 9.72 Å². The molecule has 1 aromatic rings. The largest absolute Gasteiger partial charge is 0.573 e. The normalized spacial score (nSPS) is 13.3. The van der Waals surface area contributed by atoms with Crippen molar-refractivity contribution in [1.29, 1.82) is 0 Å². The molecule has 0 fully saturated rings. The Morgan fingerprint density at radius 2 is 1.76 bits per heavy atom. The van der Waals surface area contributed by atoms with Gasteiger partial charge in [0.1, 0.15) is 0 Å². The van der Waals surface area contributed by atoms with Gasteiger partial charge in [-0.3, -0.25) is 0 Å². The predicted molar refractivity (Wildman–Crippen MR) is 56.9 cm³/mol. The van der Waals surface area contributed by atoms with Crippen LogP contribution in [0.25, 0.3) is 0 Å². The number of nitrogens with zero attached hydrogens (tertiary/aromatic N) is 1. The van der Waals surface area contributed by atoms with Crippen LogP contribution in [-0.4, -0.2) is 19.8 Å². The monoisotopic (exact) mass is 358 g/mol. The molecule has 2 N–H and O–H groups in total. The molecular weight excluding hydrogens is 354 g/mol. The summed E-state index contributed by atoms with van der Waals surface area (Å²) in [7, 11) is -0.0591. The quantitative estimate of drug-likeness (QED) is 0.662. The minimum absolute atomic E-state index is 0.0146. The summed E-state index contributed by atoms with van der Waals surface area (Å²) < 4.78 is 100. The van der Waals surface area contributed by atoms with Crippen molar-refractivity contribution in [2.45, 2.75) is 24.1 Å². The van der Waals surface area contributed by atoms with Crippen molar-refractivity contribution in [3.05, 3.63) is 17.3 Å². The highest BCUT2D eigenvalue weighted by molar-refractivity contribution is 8.13. The van der Waals surface area contributed by atoms with Crippen LogP contribution in [0.1, 0.15) is 11.1 Å². The molecule has 0 unspecified atom stereocenters. The van der Waals surface area contributed by atoms with Gasteiger partial charge >= 0.3 is 12.5 Å². The summed E-state index contributed by atoms with van der Waals surface area (Å²) in [6, 6.07) is 0. The molecule has 0 saturated heterocycles. The molecule has 1 rings (SSSR count). The summed E-state index contributed by atoms with van der Waals surface area (Å²) in [5, 5.41) is -1.50. The van der Waals surface area contributed by atoms with Gasteiger partial charge in [0.2, 0.25) is 5.03 Å². The van der Waals surface area contributed by atoms with Gasteiger partial charge in [-0.05, 0) is 0 Å². The standard InChI is InChI=1S/C8H5ClF6N2O3S/c9-21(18,19)6-5(20-8(13,14)15)3(1-16)4(2-17-6)7(10,11)12/h2H,1,16H2. The molecule has 120 valence electrons. The first kappa shape index (κ1) is 17.8. The lowest BCUT2D eigenvalue weighted by Gasteiger charge is -2.18. The molecule has 0 aliphatic carbocycles. The minimum atomic E-state index is -5.47. The molecule has 0 aromatic carbocycles. The Hall–Kier alpha value is -1.27. The maximum Gasteiger partial charge on any atom is 0.573 e. The van der Waals surface area contributed by atoms with Gasteiger partial charge in [-0.15, -0.1) is 13.2 Å².